The number of ether oxygens (including phenoxy) is 1. The van der Waals surface area contributed by atoms with Crippen molar-refractivity contribution in [3.63, 3.8) is 0 Å². The number of hydrogen-bond donors (Lipinski definition) is 1. The molecule has 4 heteroatoms. The third-order valence-corrected chi connectivity index (χ3v) is 3.97. The zero-order valence-electron chi connectivity index (χ0n) is 11.7. The second-order valence-electron chi connectivity index (χ2n) is 4.91. The summed E-state index contributed by atoms with van der Waals surface area (Å²) in [5, 5.41) is 1.44. The van der Waals surface area contributed by atoms with E-state index in [0.717, 1.165) is 22.2 Å². The van der Waals surface area contributed by atoms with E-state index in [1.165, 1.54) is 0 Å². The Balaban J connectivity index is 2.10. The normalized spacial score (nSPS) is 10.8. The van der Waals surface area contributed by atoms with E-state index in [-0.39, 0.29) is 5.78 Å². The Hall–Kier alpha value is -2.26. The van der Waals surface area contributed by atoms with Gasteiger partial charge in [0.1, 0.15) is 5.75 Å². The minimum Gasteiger partial charge on any atom is -0.497 e. The standard InChI is InChI=1S/C17H14ClNO2/c1-10-3-4-11(7-15(10)18)17(20)14-9-19-16-6-5-12(21-2)8-13(14)16/h3-9,19H,1-2H3. The third kappa shape index (κ3) is 2.41. The van der Waals surface area contributed by atoms with Crippen LogP contribution in [0.5, 0.6) is 5.75 Å². The van der Waals surface area contributed by atoms with Gasteiger partial charge in [-0.1, -0.05) is 23.7 Å². The molecule has 0 saturated heterocycles. The maximum Gasteiger partial charge on any atom is 0.195 e. The molecule has 0 spiro atoms. The van der Waals surface area contributed by atoms with Gasteiger partial charge in [-0.15, -0.1) is 0 Å². The Bertz CT molecular complexity index is 836. The van der Waals surface area contributed by atoms with Gasteiger partial charge >= 0.3 is 0 Å². The van der Waals surface area contributed by atoms with Gasteiger partial charge in [0.2, 0.25) is 0 Å². The van der Waals surface area contributed by atoms with E-state index in [0.29, 0.717) is 16.1 Å². The summed E-state index contributed by atoms with van der Waals surface area (Å²) < 4.78 is 5.22. The molecule has 106 valence electrons. The number of aromatic amines is 1. The van der Waals surface area contributed by atoms with Gasteiger partial charge in [-0.2, -0.15) is 0 Å². The molecule has 0 aliphatic carbocycles. The molecule has 3 aromatic rings. The van der Waals surface area contributed by atoms with E-state index in [4.69, 9.17) is 16.3 Å². The molecular formula is C17H14ClNO2. The highest BCUT2D eigenvalue weighted by Crippen LogP contribution is 2.26. The van der Waals surface area contributed by atoms with Crippen LogP contribution in [0.3, 0.4) is 0 Å². The summed E-state index contributed by atoms with van der Waals surface area (Å²) in [6.07, 6.45) is 1.72. The van der Waals surface area contributed by atoms with Crippen LogP contribution in [0, 0.1) is 6.92 Å². The number of aromatic nitrogens is 1. The Morgan fingerprint density at radius 1 is 1.19 bits per heavy atom. The maximum atomic E-state index is 12.7. The highest BCUT2D eigenvalue weighted by atomic mass is 35.5. The third-order valence-electron chi connectivity index (χ3n) is 3.57. The average molecular weight is 300 g/mol. The summed E-state index contributed by atoms with van der Waals surface area (Å²) in [7, 11) is 1.61. The zero-order valence-corrected chi connectivity index (χ0v) is 12.5. The first-order valence-corrected chi connectivity index (χ1v) is 6.94. The van der Waals surface area contributed by atoms with E-state index in [9.17, 15) is 4.79 Å². The van der Waals surface area contributed by atoms with Gasteiger partial charge in [-0.25, -0.2) is 0 Å². The van der Waals surface area contributed by atoms with Crippen molar-refractivity contribution >= 4 is 28.3 Å². The molecule has 0 radical (unpaired) electrons. The molecule has 0 aliphatic rings. The molecule has 1 N–H and O–H groups in total. The Morgan fingerprint density at radius 3 is 2.71 bits per heavy atom. The molecule has 2 aromatic carbocycles. The summed E-state index contributed by atoms with van der Waals surface area (Å²) in [6, 6.07) is 11.0. The first-order valence-electron chi connectivity index (χ1n) is 6.56. The SMILES string of the molecule is COc1ccc2[nH]cc(C(=O)c3ccc(C)c(Cl)c3)c2c1. The van der Waals surface area contributed by atoms with E-state index in [1.807, 2.05) is 31.2 Å². The molecule has 0 saturated carbocycles. The largest absolute Gasteiger partial charge is 0.497 e. The van der Waals surface area contributed by atoms with E-state index in [2.05, 4.69) is 4.98 Å². The fourth-order valence-corrected chi connectivity index (χ4v) is 2.48. The number of methoxy groups -OCH3 is 1. The first kappa shape index (κ1) is 13.7. The van der Waals surface area contributed by atoms with Crippen LogP contribution in [-0.4, -0.2) is 17.9 Å². The summed E-state index contributed by atoms with van der Waals surface area (Å²) in [4.78, 5) is 15.8. The molecule has 3 rings (SSSR count). The van der Waals surface area contributed by atoms with Crippen LogP contribution >= 0.6 is 11.6 Å². The number of rotatable bonds is 3. The van der Waals surface area contributed by atoms with Gasteiger partial charge in [0.05, 0.1) is 7.11 Å². The minimum absolute atomic E-state index is 0.0589. The summed E-state index contributed by atoms with van der Waals surface area (Å²) in [5.74, 6) is 0.662. The molecule has 1 aromatic heterocycles. The molecule has 21 heavy (non-hydrogen) atoms. The predicted octanol–water partition coefficient (Wildman–Crippen LogP) is 4.37. The number of carbonyl (C=O) groups is 1. The molecule has 0 fully saturated rings. The minimum atomic E-state index is -0.0589. The van der Waals surface area contributed by atoms with Crippen molar-refractivity contribution in [3.8, 4) is 5.75 Å². The van der Waals surface area contributed by atoms with Crippen LogP contribution in [0.25, 0.3) is 10.9 Å². The number of H-pyrrole nitrogens is 1. The van der Waals surface area contributed by atoms with Crippen molar-refractivity contribution in [2.24, 2.45) is 0 Å². The lowest BCUT2D eigenvalue weighted by Crippen LogP contribution is -2.00. The van der Waals surface area contributed by atoms with E-state index >= 15 is 0 Å². The number of halogens is 1. The highest BCUT2D eigenvalue weighted by Gasteiger charge is 2.15. The fourth-order valence-electron chi connectivity index (χ4n) is 2.30. The molecule has 0 bridgehead atoms. The number of aryl methyl sites for hydroxylation is 1. The van der Waals surface area contributed by atoms with Crippen LogP contribution < -0.4 is 4.74 Å². The molecular weight excluding hydrogens is 286 g/mol. The summed E-state index contributed by atoms with van der Waals surface area (Å²) >= 11 is 6.11. The number of ketones is 1. The Morgan fingerprint density at radius 2 is 2.00 bits per heavy atom. The second kappa shape index (κ2) is 5.26. The highest BCUT2D eigenvalue weighted by molar-refractivity contribution is 6.32. The van der Waals surface area contributed by atoms with Crippen LogP contribution in [-0.2, 0) is 0 Å². The van der Waals surface area contributed by atoms with E-state index in [1.54, 1.807) is 25.4 Å². The lowest BCUT2D eigenvalue weighted by Gasteiger charge is -2.04. The lowest BCUT2D eigenvalue weighted by molar-refractivity contribution is 0.104. The second-order valence-corrected chi connectivity index (χ2v) is 5.31. The van der Waals surface area contributed by atoms with Crippen molar-refractivity contribution in [3.05, 3.63) is 64.3 Å². The molecule has 0 aliphatic heterocycles. The fraction of sp³-hybridized carbons (Fsp3) is 0.118. The van der Waals surface area contributed by atoms with Crippen LogP contribution in [0.1, 0.15) is 21.5 Å². The topological polar surface area (TPSA) is 42.1 Å². The summed E-state index contributed by atoms with van der Waals surface area (Å²) in [5.41, 5.74) is 3.05. The predicted molar refractivity (Wildman–Crippen MR) is 84.5 cm³/mol. The Labute approximate surface area is 127 Å². The number of fused-ring (bicyclic) bond motifs is 1. The molecule has 1 heterocycles. The maximum absolute atomic E-state index is 12.7. The van der Waals surface area contributed by atoms with Crippen molar-refractivity contribution in [1.82, 2.24) is 4.98 Å². The van der Waals surface area contributed by atoms with Gasteiger partial charge in [-0.05, 0) is 36.8 Å². The van der Waals surface area contributed by atoms with Crippen LogP contribution in [0.4, 0.5) is 0 Å². The van der Waals surface area contributed by atoms with Crippen LogP contribution in [0.15, 0.2) is 42.6 Å². The number of nitrogens with one attached hydrogen (secondary N) is 1. The van der Waals surface area contributed by atoms with E-state index < -0.39 is 0 Å². The lowest BCUT2D eigenvalue weighted by atomic mass is 10.0. The van der Waals surface area contributed by atoms with Gasteiger partial charge < -0.3 is 9.72 Å². The molecule has 0 amide bonds. The molecule has 3 nitrogen and oxygen atoms in total. The van der Waals surface area contributed by atoms with Gasteiger partial charge in [0.25, 0.3) is 0 Å². The van der Waals surface area contributed by atoms with Gasteiger partial charge in [-0.3, -0.25) is 4.79 Å². The van der Waals surface area contributed by atoms with Crippen molar-refractivity contribution in [1.29, 1.82) is 0 Å². The quantitative estimate of drug-likeness (QED) is 0.730. The zero-order chi connectivity index (χ0) is 15.0. The summed E-state index contributed by atoms with van der Waals surface area (Å²) in [6.45, 7) is 1.91. The van der Waals surface area contributed by atoms with Crippen molar-refractivity contribution < 1.29 is 9.53 Å². The molecule has 0 atom stereocenters. The number of carbonyl (C=O) groups excluding carboxylic acids is 1. The Kier molecular flexibility index (Phi) is 3.43. The van der Waals surface area contributed by atoms with Gasteiger partial charge in [0, 0.05) is 33.2 Å². The van der Waals surface area contributed by atoms with Gasteiger partial charge in [0.15, 0.2) is 5.78 Å². The number of benzene rings is 2. The van der Waals surface area contributed by atoms with Crippen molar-refractivity contribution in [2.75, 3.05) is 7.11 Å². The van der Waals surface area contributed by atoms with Crippen LogP contribution in [0.2, 0.25) is 5.02 Å². The monoisotopic (exact) mass is 299 g/mol. The average Bonchev–Trinajstić information content (AvgIpc) is 2.92. The van der Waals surface area contributed by atoms with Crippen molar-refractivity contribution in [2.45, 2.75) is 6.92 Å². The molecule has 0 unspecified atom stereocenters. The number of hydrogen-bond acceptors (Lipinski definition) is 2. The first-order chi connectivity index (χ1) is 10.1. The smallest absolute Gasteiger partial charge is 0.195 e.